The van der Waals surface area contributed by atoms with E-state index in [4.69, 9.17) is 27.8 Å². The molecule has 0 saturated heterocycles. The summed E-state index contributed by atoms with van der Waals surface area (Å²) in [5, 5.41) is 12.9. The second kappa shape index (κ2) is 13.8. The van der Waals surface area contributed by atoms with E-state index in [9.17, 15) is 19.3 Å². The zero-order chi connectivity index (χ0) is 29.3. The minimum Gasteiger partial charge on any atom is -0.504 e. The summed E-state index contributed by atoms with van der Waals surface area (Å²) in [5.41, 5.74) is -0.346. The van der Waals surface area contributed by atoms with Gasteiger partial charge in [-0.05, 0) is 64.8 Å². The van der Waals surface area contributed by atoms with Gasteiger partial charge in [-0.2, -0.15) is 0 Å². The van der Waals surface area contributed by atoms with E-state index < -0.39 is 43.9 Å². The molecule has 2 aromatic carbocycles. The van der Waals surface area contributed by atoms with E-state index in [0.717, 1.165) is 5.56 Å². The summed E-state index contributed by atoms with van der Waals surface area (Å²) < 4.78 is 44.9. The van der Waals surface area contributed by atoms with E-state index in [1.807, 2.05) is 18.2 Å². The van der Waals surface area contributed by atoms with Gasteiger partial charge in [-0.15, -0.1) is 0 Å². The molecule has 0 aliphatic rings. The Bertz CT molecular complexity index is 1120. The quantitative estimate of drug-likeness (QED) is 0.192. The number of phenolic OH excluding ortho intramolecular Hbond substituents is 1. The van der Waals surface area contributed by atoms with Crippen molar-refractivity contribution in [1.82, 2.24) is 5.32 Å². The van der Waals surface area contributed by atoms with Crippen LogP contribution in [0.25, 0.3) is 0 Å². The fourth-order valence-corrected chi connectivity index (χ4v) is 4.85. The van der Waals surface area contributed by atoms with E-state index >= 15 is 0 Å². The molecule has 1 atom stereocenters. The van der Waals surface area contributed by atoms with Crippen molar-refractivity contribution in [2.24, 2.45) is 0 Å². The molecule has 2 aromatic rings. The zero-order valence-electron chi connectivity index (χ0n) is 23.4. The number of phosphoric ester groups is 1. The summed E-state index contributed by atoms with van der Waals surface area (Å²) in [6.45, 7) is 9.75. The van der Waals surface area contributed by atoms with Gasteiger partial charge >= 0.3 is 19.9 Å². The van der Waals surface area contributed by atoms with Gasteiger partial charge < -0.3 is 24.6 Å². The molecule has 2 N–H and O–H groups in total. The molecule has 0 saturated carbocycles. The predicted molar refractivity (Wildman–Crippen MR) is 143 cm³/mol. The average molecular weight is 568 g/mol. The maximum atomic E-state index is 13.1. The van der Waals surface area contributed by atoms with Crippen LogP contribution in [-0.4, -0.2) is 48.3 Å². The lowest BCUT2D eigenvalue weighted by atomic mass is 10.1. The molecule has 216 valence electrons. The van der Waals surface area contributed by atoms with E-state index in [2.05, 4.69) is 5.32 Å². The lowest BCUT2D eigenvalue weighted by Crippen LogP contribution is -2.43. The number of nitrogens with one attached hydrogen (secondary N) is 1. The normalized spacial score (nSPS) is 12.9. The highest BCUT2D eigenvalue weighted by Crippen LogP contribution is 2.55. The average Bonchev–Trinajstić information content (AvgIpc) is 2.81. The Kier molecular flexibility index (Phi) is 11.4. The van der Waals surface area contributed by atoms with Crippen molar-refractivity contribution >= 4 is 19.9 Å². The Morgan fingerprint density at radius 2 is 1.56 bits per heavy atom. The molecular formula is C27H38NO10P. The van der Waals surface area contributed by atoms with Gasteiger partial charge in [0.1, 0.15) is 12.6 Å². The molecule has 0 spiro atoms. The van der Waals surface area contributed by atoms with Gasteiger partial charge in [0, 0.05) is 6.42 Å². The maximum absolute atomic E-state index is 13.1. The number of amides is 1. The molecule has 1 amide bonds. The van der Waals surface area contributed by atoms with Gasteiger partial charge in [0.25, 0.3) is 0 Å². The zero-order valence-corrected chi connectivity index (χ0v) is 24.3. The number of benzene rings is 2. The smallest absolute Gasteiger partial charge is 0.478 e. The molecule has 0 fully saturated rings. The Labute approximate surface area is 229 Å². The lowest BCUT2D eigenvalue weighted by Gasteiger charge is -2.30. The lowest BCUT2D eigenvalue weighted by molar-refractivity contribution is -0.143. The number of hydrogen-bond acceptors (Lipinski definition) is 10. The monoisotopic (exact) mass is 567 g/mol. The Morgan fingerprint density at radius 1 is 0.949 bits per heavy atom. The molecule has 0 aliphatic carbocycles. The summed E-state index contributed by atoms with van der Waals surface area (Å²) in [7, 11) is -2.81. The molecule has 0 aliphatic heterocycles. The summed E-state index contributed by atoms with van der Waals surface area (Å²) in [6.07, 6.45) is -0.791. The number of hydrogen-bond donors (Lipinski definition) is 2. The van der Waals surface area contributed by atoms with Gasteiger partial charge in [0.2, 0.25) is 6.79 Å². The largest absolute Gasteiger partial charge is 0.504 e. The number of aromatic hydroxyl groups is 1. The number of phosphoric acid groups is 1. The van der Waals surface area contributed by atoms with Gasteiger partial charge in [-0.1, -0.05) is 36.4 Å². The molecule has 0 radical (unpaired) electrons. The SMILES string of the molecule is COC(=O)[C@H](Cc1ccc(OCOP(=O)(OC(C)(C)C)OC(C)(C)C)c(O)c1)NC(=O)OCc1ccccc1. The Hall–Kier alpha value is -3.11. The molecule has 0 unspecified atom stereocenters. The maximum Gasteiger partial charge on any atom is 0.478 e. The molecule has 0 bridgehead atoms. The first-order valence-corrected chi connectivity index (χ1v) is 13.7. The number of carbonyl (C=O) groups excluding carboxylic acids is 2. The van der Waals surface area contributed by atoms with Crippen LogP contribution in [0.1, 0.15) is 52.7 Å². The Morgan fingerprint density at radius 3 is 2.10 bits per heavy atom. The fourth-order valence-electron chi connectivity index (χ4n) is 3.19. The molecule has 11 nitrogen and oxygen atoms in total. The van der Waals surface area contributed by atoms with Crippen molar-refractivity contribution in [1.29, 1.82) is 0 Å². The van der Waals surface area contributed by atoms with Crippen LogP contribution in [0.15, 0.2) is 48.5 Å². The van der Waals surface area contributed by atoms with Crippen LogP contribution in [0.4, 0.5) is 4.79 Å². The second-order valence-electron chi connectivity index (χ2n) is 10.5. The number of rotatable bonds is 12. The van der Waals surface area contributed by atoms with Crippen molar-refractivity contribution in [2.45, 2.75) is 71.8 Å². The van der Waals surface area contributed by atoms with Gasteiger partial charge in [-0.3, -0.25) is 9.05 Å². The first kappa shape index (κ1) is 32.1. The third kappa shape index (κ3) is 12.1. The van der Waals surface area contributed by atoms with Gasteiger partial charge in [-0.25, -0.2) is 18.7 Å². The fraction of sp³-hybridized carbons (Fsp3) is 0.481. The number of carbonyl (C=O) groups is 2. The van der Waals surface area contributed by atoms with Gasteiger partial charge in [0.05, 0.1) is 18.3 Å². The molecule has 0 aromatic heterocycles. The van der Waals surface area contributed by atoms with Crippen LogP contribution in [0.2, 0.25) is 0 Å². The number of phenols is 1. The Balaban J connectivity index is 2.01. The highest BCUT2D eigenvalue weighted by atomic mass is 31.2. The van der Waals surface area contributed by atoms with Crippen molar-refractivity contribution in [3.8, 4) is 11.5 Å². The third-order valence-corrected chi connectivity index (χ3v) is 6.61. The molecule has 2 rings (SSSR count). The molecule has 0 heterocycles. The number of esters is 1. The van der Waals surface area contributed by atoms with Crippen molar-refractivity contribution < 1.29 is 47.0 Å². The number of ether oxygens (including phenoxy) is 3. The summed E-state index contributed by atoms with van der Waals surface area (Å²) in [6, 6.07) is 12.4. The van der Waals surface area contributed by atoms with Crippen LogP contribution in [0, 0.1) is 0 Å². The van der Waals surface area contributed by atoms with Crippen molar-refractivity contribution in [3.05, 3.63) is 59.7 Å². The predicted octanol–water partition coefficient (Wildman–Crippen LogP) is 5.49. The molecular weight excluding hydrogens is 529 g/mol. The molecule has 39 heavy (non-hydrogen) atoms. The molecule has 12 heteroatoms. The number of alkyl carbamates (subject to hydrolysis) is 1. The standard InChI is InChI=1S/C27H38NO10P/c1-26(2,3)37-39(32,38-27(4,5)6)36-18-35-23-14-13-20(16-22(23)29)15-21(24(30)33-7)28-25(31)34-17-19-11-9-8-10-12-19/h8-14,16,21,29H,15,17-18H2,1-7H3,(H,28,31)/t21-/m0/s1. The van der Waals surface area contributed by atoms with Crippen molar-refractivity contribution in [2.75, 3.05) is 13.9 Å². The van der Waals surface area contributed by atoms with Crippen LogP contribution in [-0.2, 0) is 45.4 Å². The summed E-state index contributed by atoms with van der Waals surface area (Å²) >= 11 is 0. The van der Waals surface area contributed by atoms with Crippen LogP contribution in [0.5, 0.6) is 11.5 Å². The van der Waals surface area contributed by atoms with Crippen LogP contribution < -0.4 is 10.1 Å². The minimum atomic E-state index is -4.01. The summed E-state index contributed by atoms with van der Waals surface area (Å²) in [4.78, 5) is 24.5. The van der Waals surface area contributed by atoms with Crippen molar-refractivity contribution in [3.63, 3.8) is 0 Å². The van der Waals surface area contributed by atoms with E-state index in [1.165, 1.54) is 19.2 Å². The second-order valence-corrected chi connectivity index (χ2v) is 12.1. The summed E-state index contributed by atoms with van der Waals surface area (Å²) in [5.74, 6) is -0.926. The van der Waals surface area contributed by atoms with Crippen LogP contribution in [0.3, 0.4) is 0 Å². The first-order chi connectivity index (χ1) is 18.1. The van der Waals surface area contributed by atoms with E-state index in [-0.39, 0.29) is 24.5 Å². The van der Waals surface area contributed by atoms with Gasteiger partial charge in [0.15, 0.2) is 11.5 Å². The highest BCUT2D eigenvalue weighted by molar-refractivity contribution is 7.48. The third-order valence-electron chi connectivity index (χ3n) is 4.65. The van der Waals surface area contributed by atoms with E-state index in [0.29, 0.717) is 5.56 Å². The topological polar surface area (TPSA) is 139 Å². The van der Waals surface area contributed by atoms with E-state index in [1.54, 1.807) is 59.7 Å². The minimum absolute atomic E-state index is 0.00545. The highest BCUT2D eigenvalue weighted by Gasteiger charge is 2.37. The number of methoxy groups -OCH3 is 1. The first-order valence-electron chi connectivity index (χ1n) is 12.2. The van der Waals surface area contributed by atoms with Crippen LogP contribution >= 0.6 is 7.82 Å².